The van der Waals surface area contributed by atoms with Crippen LogP contribution in [-0.4, -0.2) is 48.6 Å². The Balaban J connectivity index is 1.26. The quantitative estimate of drug-likeness (QED) is 0.638. The largest absolute Gasteiger partial charge is 0.345 e. The van der Waals surface area contributed by atoms with Gasteiger partial charge in [-0.2, -0.15) is 0 Å². The maximum Gasteiger partial charge on any atom is 0.317 e. The number of nitrogens with one attached hydrogen (secondary N) is 1. The fourth-order valence-corrected chi connectivity index (χ4v) is 4.91. The second-order valence-corrected chi connectivity index (χ2v) is 8.70. The lowest BCUT2D eigenvalue weighted by atomic mass is 10.1. The SMILES string of the molecule is Cc1cc(C)c2sc(N3CCN(C(=O)NCCCc4ccccc4)CC3)nc2c1. The molecule has 0 aliphatic carbocycles. The number of aryl methyl sites for hydroxylation is 3. The zero-order valence-electron chi connectivity index (χ0n) is 17.1. The minimum atomic E-state index is 0.0495. The molecule has 5 nitrogen and oxygen atoms in total. The van der Waals surface area contributed by atoms with Crippen LogP contribution in [0.5, 0.6) is 0 Å². The first-order valence-electron chi connectivity index (χ1n) is 10.3. The summed E-state index contributed by atoms with van der Waals surface area (Å²) in [6.07, 6.45) is 1.95. The van der Waals surface area contributed by atoms with Crippen LogP contribution in [0.4, 0.5) is 9.93 Å². The molecule has 1 fully saturated rings. The molecule has 1 aliphatic heterocycles. The summed E-state index contributed by atoms with van der Waals surface area (Å²) in [5.74, 6) is 0. The van der Waals surface area contributed by atoms with Crippen LogP contribution >= 0.6 is 11.3 Å². The molecule has 0 bridgehead atoms. The molecule has 0 saturated carbocycles. The van der Waals surface area contributed by atoms with E-state index in [0.29, 0.717) is 6.54 Å². The second-order valence-electron chi connectivity index (χ2n) is 7.72. The van der Waals surface area contributed by atoms with Crippen molar-refractivity contribution in [2.45, 2.75) is 26.7 Å². The Bertz CT molecular complexity index is 977. The Hall–Kier alpha value is -2.60. The molecule has 6 heteroatoms. The molecule has 2 aromatic carbocycles. The number of amides is 2. The zero-order valence-corrected chi connectivity index (χ0v) is 18.0. The van der Waals surface area contributed by atoms with Crippen LogP contribution in [0.25, 0.3) is 10.2 Å². The van der Waals surface area contributed by atoms with Crippen molar-refractivity contribution < 1.29 is 4.79 Å². The molecule has 0 unspecified atom stereocenters. The van der Waals surface area contributed by atoms with Crippen molar-refractivity contribution in [3.8, 4) is 0 Å². The van der Waals surface area contributed by atoms with Crippen molar-refractivity contribution in [3.05, 3.63) is 59.2 Å². The lowest BCUT2D eigenvalue weighted by Crippen LogP contribution is -2.52. The molecule has 0 spiro atoms. The minimum absolute atomic E-state index is 0.0495. The van der Waals surface area contributed by atoms with Gasteiger partial charge < -0.3 is 15.1 Å². The van der Waals surface area contributed by atoms with Gasteiger partial charge >= 0.3 is 6.03 Å². The Morgan fingerprint density at radius 3 is 2.62 bits per heavy atom. The number of nitrogens with zero attached hydrogens (tertiary/aromatic N) is 3. The zero-order chi connectivity index (χ0) is 20.2. The van der Waals surface area contributed by atoms with E-state index in [-0.39, 0.29) is 6.03 Å². The Labute approximate surface area is 176 Å². The van der Waals surface area contributed by atoms with Gasteiger partial charge in [-0.25, -0.2) is 9.78 Å². The van der Waals surface area contributed by atoms with Crippen molar-refractivity contribution in [3.63, 3.8) is 0 Å². The van der Waals surface area contributed by atoms with E-state index in [1.165, 1.54) is 21.4 Å². The molecule has 29 heavy (non-hydrogen) atoms. The molecule has 1 aliphatic rings. The molecular formula is C23H28N4OS. The average molecular weight is 409 g/mol. The van der Waals surface area contributed by atoms with Crippen molar-refractivity contribution in [1.29, 1.82) is 0 Å². The fraction of sp³-hybridized carbons (Fsp3) is 0.391. The van der Waals surface area contributed by atoms with E-state index in [1.54, 1.807) is 11.3 Å². The van der Waals surface area contributed by atoms with Gasteiger partial charge in [-0.3, -0.25) is 0 Å². The van der Waals surface area contributed by atoms with Gasteiger partial charge in [0.25, 0.3) is 0 Å². The molecule has 0 radical (unpaired) electrons. The summed E-state index contributed by atoms with van der Waals surface area (Å²) < 4.78 is 1.27. The number of hydrogen-bond acceptors (Lipinski definition) is 4. The van der Waals surface area contributed by atoms with Crippen molar-refractivity contribution in [1.82, 2.24) is 15.2 Å². The third-order valence-corrected chi connectivity index (χ3v) is 6.67. The number of fused-ring (bicyclic) bond motifs is 1. The first-order chi connectivity index (χ1) is 14.1. The van der Waals surface area contributed by atoms with Gasteiger partial charge in [0.05, 0.1) is 10.2 Å². The van der Waals surface area contributed by atoms with Crippen molar-refractivity contribution in [2.24, 2.45) is 0 Å². The van der Waals surface area contributed by atoms with Crippen LogP contribution in [0.15, 0.2) is 42.5 Å². The first kappa shape index (κ1) is 19.7. The van der Waals surface area contributed by atoms with Gasteiger partial charge in [0.2, 0.25) is 0 Å². The fourth-order valence-electron chi connectivity index (χ4n) is 3.85. The van der Waals surface area contributed by atoms with E-state index in [9.17, 15) is 4.79 Å². The van der Waals surface area contributed by atoms with E-state index >= 15 is 0 Å². The number of carbonyl (C=O) groups is 1. The highest BCUT2D eigenvalue weighted by Crippen LogP contribution is 2.32. The summed E-state index contributed by atoms with van der Waals surface area (Å²) in [6.45, 7) is 8.10. The topological polar surface area (TPSA) is 48.5 Å². The van der Waals surface area contributed by atoms with Gasteiger partial charge in [0.1, 0.15) is 0 Å². The minimum Gasteiger partial charge on any atom is -0.345 e. The number of rotatable bonds is 5. The smallest absolute Gasteiger partial charge is 0.317 e. The number of aromatic nitrogens is 1. The third-order valence-electron chi connectivity index (χ3n) is 5.41. The highest BCUT2D eigenvalue weighted by molar-refractivity contribution is 7.22. The average Bonchev–Trinajstić information content (AvgIpc) is 3.16. The highest BCUT2D eigenvalue weighted by Gasteiger charge is 2.23. The van der Waals surface area contributed by atoms with Crippen LogP contribution in [-0.2, 0) is 6.42 Å². The van der Waals surface area contributed by atoms with Crippen LogP contribution in [0.2, 0.25) is 0 Å². The van der Waals surface area contributed by atoms with Crippen LogP contribution in [0.1, 0.15) is 23.1 Å². The predicted octanol–water partition coefficient (Wildman–Crippen LogP) is 4.38. The van der Waals surface area contributed by atoms with Gasteiger partial charge in [-0.15, -0.1) is 0 Å². The summed E-state index contributed by atoms with van der Waals surface area (Å²) in [6, 6.07) is 14.8. The number of urea groups is 1. The Kier molecular flexibility index (Phi) is 6.00. The van der Waals surface area contributed by atoms with E-state index < -0.39 is 0 Å². The lowest BCUT2D eigenvalue weighted by molar-refractivity contribution is 0.194. The van der Waals surface area contributed by atoms with Gasteiger partial charge in [0.15, 0.2) is 5.13 Å². The number of thiazole rings is 1. The van der Waals surface area contributed by atoms with Gasteiger partial charge in [0, 0.05) is 32.7 Å². The van der Waals surface area contributed by atoms with Crippen molar-refractivity contribution >= 4 is 32.7 Å². The molecule has 2 amide bonds. The summed E-state index contributed by atoms with van der Waals surface area (Å²) in [5, 5.41) is 4.13. The molecular weight excluding hydrogens is 380 g/mol. The van der Waals surface area contributed by atoms with E-state index in [4.69, 9.17) is 4.98 Å². The Morgan fingerprint density at radius 1 is 1.10 bits per heavy atom. The maximum absolute atomic E-state index is 12.5. The van der Waals surface area contributed by atoms with E-state index in [0.717, 1.165) is 49.7 Å². The number of benzene rings is 2. The molecule has 1 saturated heterocycles. The molecule has 2 heterocycles. The third kappa shape index (κ3) is 4.70. The van der Waals surface area contributed by atoms with E-state index in [2.05, 4.69) is 60.5 Å². The normalized spacial score (nSPS) is 14.4. The van der Waals surface area contributed by atoms with Crippen molar-refractivity contribution in [2.75, 3.05) is 37.6 Å². The van der Waals surface area contributed by atoms with Crippen LogP contribution in [0, 0.1) is 13.8 Å². The standard InChI is InChI=1S/C23H28N4OS/c1-17-15-18(2)21-20(16-17)25-23(29-21)27-13-11-26(12-14-27)22(28)24-10-6-9-19-7-4-3-5-8-19/h3-5,7-8,15-16H,6,9-14H2,1-2H3,(H,24,28). The maximum atomic E-state index is 12.5. The summed E-state index contributed by atoms with van der Waals surface area (Å²) in [5.41, 5.74) is 4.94. The summed E-state index contributed by atoms with van der Waals surface area (Å²) in [7, 11) is 0. The number of piperazine rings is 1. The second kappa shape index (κ2) is 8.82. The Morgan fingerprint density at radius 2 is 1.86 bits per heavy atom. The molecule has 1 N–H and O–H groups in total. The first-order valence-corrected chi connectivity index (χ1v) is 11.1. The molecule has 1 aromatic heterocycles. The lowest BCUT2D eigenvalue weighted by Gasteiger charge is -2.34. The molecule has 0 atom stereocenters. The monoisotopic (exact) mass is 408 g/mol. The summed E-state index contributed by atoms with van der Waals surface area (Å²) >= 11 is 1.76. The predicted molar refractivity (Wildman–Crippen MR) is 121 cm³/mol. The molecule has 4 rings (SSSR count). The summed E-state index contributed by atoms with van der Waals surface area (Å²) in [4.78, 5) is 21.5. The number of carbonyl (C=O) groups excluding carboxylic acids is 1. The van der Waals surface area contributed by atoms with Gasteiger partial charge in [-0.05, 0) is 49.4 Å². The van der Waals surface area contributed by atoms with E-state index in [1.807, 2.05) is 11.0 Å². The highest BCUT2D eigenvalue weighted by atomic mass is 32.1. The number of hydrogen-bond donors (Lipinski definition) is 1. The number of anilines is 1. The van der Waals surface area contributed by atoms with Crippen LogP contribution < -0.4 is 10.2 Å². The molecule has 3 aromatic rings. The van der Waals surface area contributed by atoms with Gasteiger partial charge in [-0.1, -0.05) is 47.7 Å². The molecule has 152 valence electrons. The van der Waals surface area contributed by atoms with Crippen LogP contribution in [0.3, 0.4) is 0 Å².